The fourth-order valence-electron chi connectivity index (χ4n) is 2.93. The van der Waals surface area contributed by atoms with Crippen LogP contribution in [0, 0.1) is 11.7 Å². The maximum absolute atomic E-state index is 13.4. The summed E-state index contributed by atoms with van der Waals surface area (Å²) in [5.74, 6) is 0.737. The number of carbonyl (C=O) groups is 1. The first-order valence-corrected chi connectivity index (χ1v) is 9.23. The van der Waals surface area contributed by atoms with Crippen molar-refractivity contribution >= 4 is 23.0 Å². The maximum atomic E-state index is 13.4. The minimum absolute atomic E-state index is 0.196. The van der Waals surface area contributed by atoms with Crippen molar-refractivity contribution in [2.24, 2.45) is 5.92 Å². The van der Waals surface area contributed by atoms with Crippen LogP contribution in [0.4, 0.5) is 21.6 Å². The Morgan fingerprint density at radius 1 is 1.29 bits per heavy atom. The largest absolute Gasteiger partial charge is 0.379 e. The van der Waals surface area contributed by atoms with Crippen molar-refractivity contribution in [2.45, 2.75) is 32.9 Å². The molecular weight excluding hydrogens is 359 g/mol. The van der Waals surface area contributed by atoms with Gasteiger partial charge in [-0.1, -0.05) is 12.1 Å². The summed E-state index contributed by atoms with van der Waals surface area (Å²) in [6.07, 6.45) is 6.20. The number of hydrogen-bond acceptors (Lipinski definition) is 6. The number of halogens is 1. The molecule has 1 aromatic carbocycles. The number of anilines is 3. The highest BCUT2D eigenvalue weighted by atomic mass is 19.1. The Balaban J connectivity index is 1.49. The van der Waals surface area contributed by atoms with Crippen molar-refractivity contribution in [3.05, 3.63) is 59.8 Å². The van der Waals surface area contributed by atoms with Gasteiger partial charge in [0.15, 0.2) is 17.3 Å². The molecule has 0 amide bonds. The van der Waals surface area contributed by atoms with E-state index < -0.39 is 0 Å². The van der Waals surface area contributed by atoms with Crippen LogP contribution in [0.3, 0.4) is 0 Å². The van der Waals surface area contributed by atoms with Crippen LogP contribution in [-0.4, -0.2) is 25.8 Å². The van der Waals surface area contributed by atoms with Gasteiger partial charge in [0, 0.05) is 32.3 Å². The Kier molecular flexibility index (Phi) is 5.01. The lowest BCUT2D eigenvalue weighted by atomic mass is 10.2. The molecule has 1 aliphatic carbocycles. The summed E-state index contributed by atoms with van der Waals surface area (Å²) in [4.78, 5) is 11.9. The number of nitrogens with zero attached hydrogens (tertiary/aromatic N) is 4. The van der Waals surface area contributed by atoms with Gasteiger partial charge in [0.05, 0.1) is 17.6 Å². The van der Waals surface area contributed by atoms with Gasteiger partial charge in [-0.2, -0.15) is 5.10 Å². The summed E-state index contributed by atoms with van der Waals surface area (Å²) >= 11 is 0. The first-order chi connectivity index (χ1) is 13.6. The van der Waals surface area contributed by atoms with Crippen LogP contribution in [0.15, 0.2) is 42.7 Å². The zero-order valence-corrected chi connectivity index (χ0v) is 15.5. The standard InChI is InChI=1S/C20H21FN6O/c1-13(28)20-18(22-9-15-3-2-4-16(21)7-15)8-19(25-26-20)24-17-10-23-27(12-17)11-14-5-6-14/h2-4,7-8,10,12,14H,5-6,9,11H2,1H3,(H2,22,24,25). The third-order valence-corrected chi connectivity index (χ3v) is 4.55. The van der Waals surface area contributed by atoms with Crippen molar-refractivity contribution < 1.29 is 9.18 Å². The number of Topliss-reactive ketones (excluding diaryl/α,β-unsaturated/α-hetero) is 1. The Morgan fingerprint density at radius 2 is 2.14 bits per heavy atom. The van der Waals surface area contributed by atoms with Crippen LogP contribution in [0.5, 0.6) is 0 Å². The van der Waals surface area contributed by atoms with Gasteiger partial charge in [0.25, 0.3) is 0 Å². The molecule has 2 N–H and O–H groups in total. The van der Waals surface area contributed by atoms with Crippen LogP contribution in [-0.2, 0) is 13.1 Å². The van der Waals surface area contributed by atoms with Gasteiger partial charge in [-0.15, -0.1) is 10.2 Å². The van der Waals surface area contributed by atoms with E-state index >= 15 is 0 Å². The molecule has 4 rings (SSSR count). The van der Waals surface area contributed by atoms with Crippen molar-refractivity contribution in [3.63, 3.8) is 0 Å². The van der Waals surface area contributed by atoms with Crippen molar-refractivity contribution in [1.82, 2.24) is 20.0 Å². The number of carbonyl (C=O) groups excluding carboxylic acids is 1. The third kappa shape index (κ3) is 4.51. The number of aromatic nitrogens is 4. The molecule has 1 fully saturated rings. The second-order valence-electron chi connectivity index (χ2n) is 7.05. The predicted octanol–water partition coefficient (Wildman–Crippen LogP) is 3.78. The molecule has 7 nitrogen and oxygen atoms in total. The van der Waals surface area contributed by atoms with Crippen LogP contribution < -0.4 is 10.6 Å². The van der Waals surface area contributed by atoms with Gasteiger partial charge in [-0.05, 0) is 36.5 Å². The molecule has 3 aromatic rings. The van der Waals surface area contributed by atoms with Crippen LogP contribution in [0.25, 0.3) is 0 Å². The average molecular weight is 380 g/mol. The van der Waals surface area contributed by atoms with E-state index in [9.17, 15) is 9.18 Å². The van der Waals surface area contributed by atoms with Crippen LogP contribution in [0.1, 0.15) is 35.8 Å². The molecule has 1 aliphatic rings. The number of benzene rings is 1. The molecule has 144 valence electrons. The second-order valence-corrected chi connectivity index (χ2v) is 7.05. The molecule has 28 heavy (non-hydrogen) atoms. The Labute approximate surface area is 162 Å². The van der Waals surface area contributed by atoms with Crippen LogP contribution >= 0.6 is 0 Å². The van der Waals surface area contributed by atoms with Crippen molar-refractivity contribution in [1.29, 1.82) is 0 Å². The molecule has 0 radical (unpaired) electrons. The van der Waals surface area contributed by atoms with Crippen molar-refractivity contribution in [2.75, 3.05) is 10.6 Å². The van der Waals surface area contributed by atoms with E-state index in [4.69, 9.17) is 0 Å². The molecule has 0 atom stereocenters. The summed E-state index contributed by atoms with van der Waals surface area (Å²) < 4.78 is 15.3. The zero-order chi connectivity index (χ0) is 19.5. The topological polar surface area (TPSA) is 84.7 Å². The fraction of sp³-hybridized carbons (Fsp3) is 0.300. The summed E-state index contributed by atoms with van der Waals surface area (Å²) in [6, 6.07) is 8.02. The van der Waals surface area contributed by atoms with Gasteiger partial charge in [-0.25, -0.2) is 4.39 Å². The van der Waals surface area contributed by atoms with E-state index in [0.29, 0.717) is 18.1 Å². The van der Waals surface area contributed by atoms with E-state index in [1.54, 1.807) is 18.3 Å². The molecule has 1 saturated carbocycles. The van der Waals surface area contributed by atoms with E-state index in [1.165, 1.54) is 31.9 Å². The summed E-state index contributed by atoms with van der Waals surface area (Å²) in [5.41, 5.74) is 2.36. The molecule has 0 aliphatic heterocycles. The molecule has 2 heterocycles. The lowest BCUT2D eigenvalue weighted by Gasteiger charge is -2.11. The minimum Gasteiger partial charge on any atom is -0.379 e. The Morgan fingerprint density at radius 3 is 2.89 bits per heavy atom. The van der Waals surface area contributed by atoms with Gasteiger partial charge < -0.3 is 10.6 Å². The molecule has 0 saturated heterocycles. The van der Waals surface area contributed by atoms with E-state index in [2.05, 4.69) is 25.9 Å². The average Bonchev–Trinajstić information content (AvgIpc) is 3.37. The van der Waals surface area contributed by atoms with Crippen molar-refractivity contribution in [3.8, 4) is 0 Å². The second kappa shape index (κ2) is 7.75. The minimum atomic E-state index is -0.301. The number of rotatable bonds is 8. The quantitative estimate of drug-likeness (QED) is 0.579. The van der Waals surface area contributed by atoms with E-state index in [1.807, 2.05) is 16.9 Å². The SMILES string of the molecule is CC(=O)c1nnc(Nc2cnn(CC3CC3)c2)cc1NCc1cccc(F)c1. The monoisotopic (exact) mass is 380 g/mol. The molecular formula is C20H21FN6O. The first-order valence-electron chi connectivity index (χ1n) is 9.23. The lowest BCUT2D eigenvalue weighted by Crippen LogP contribution is -2.10. The normalized spacial score (nSPS) is 13.4. The maximum Gasteiger partial charge on any atom is 0.182 e. The Bertz CT molecular complexity index is 998. The first kappa shape index (κ1) is 18.1. The molecule has 0 bridgehead atoms. The number of nitrogens with one attached hydrogen (secondary N) is 2. The summed E-state index contributed by atoms with van der Waals surface area (Å²) in [6.45, 7) is 2.73. The molecule has 2 aromatic heterocycles. The zero-order valence-electron chi connectivity index (χ0n) is 15.5. The van der Waals surface area contributed by atoms with E-state index in [-0.39, 0.29) is 17.3 Å². The summed E-state index contributed by atoms with van der Waals surface area (Å²) in [5, 5.41) is 18.8. The molecule has 0 spiro atoms. The highest BCUT2D eigenvalue weighted by Gasteiger charge is 2.22. The van der Waals surface area contributed by atoms with Gasteiger partial charge in [-0.3, -0.25) is 9.48 Å². The lowest BCUT2D eigenvalue weighted by molar-refractivity contribution is 0.101. The van der Waals surface area contributed by atoms with Gasteiger partial charge in [0.1, 0.15) is 5.82 Å². The third-order valence-electron chi connectivity index (χ3n) is 4.55. The number of hydrogen-bond donors (Lipinski definition) is 2. The predicted molar refractivity (Wildman–Crippen MR) is 104 cm³/mol. The molecule has 8 heteroatoms. The van der Waals surface area contributed by atoms with Gasteiger partial charge in [0.2, 0.25) is 0 Å². The van der Waals surface area contributed by atoms with E-state index in [0.717, 1.165) is 23.7 Å². The Hall–Kier alpha value is -3.29. The fourth-order valence-corrected chi connectivity index (χ4v) is 2.93. The highest BCUT2D eigenvalue weighted by molar-refractivity contribution is 5.97. The summed E-state index contributed by atoms with van der Waals surface area (Å²) in [7, 11) is 0. The highest BCUT2D eigenvalue weighted by Crippen LogP contribution is 2.30. The van der Waals surface area contributed by atoms with Gasteiger partial charge >= 0.3 is 0 Å². The van der Waals surface area contributed by atoms with Crippen LogP contribution in [0.2, 0.25) is 0 Å². The number of ketones is 1. The smallest absolute Gasteiger partial charge is 0.182 e. The molecule has 0 unspecified atom stereocenters.